The molecule has 0 fully saturated rings. The molecule has 0 bridgehead atoms. The number of nitro groups is 1. The third-order valence-electron chi connectivity index (χ3n) is 1.96. The normalized spacial score (nSPS) is 9.47. The summed E-state index contributed by atoms with van der Waals surface area (Å²) in [5, 5.41) is 19.1. The van der Waals surface area contributed by atoms with Crippen molar-refractivity contribution in [3.63, 3.8) is 0 Å². The Labute approximate surface area is 117 Å². The molecule has 8 nitrogen and oxygen atoms in total. The second-order valence-electron chi connectivity index (χ2n) is 3.23. The minimum Gasteiger partial charge on any atom is -0.370 e. The van der Waals surface area contributed by atoms with Crippen molar-refractivity contribution < 1.29 is 4.92 Å². The highest BCUT2D eigenvalue weighted by atomic mass is 35.5. The van der Waals surface area contributed by atoms with E-state index in [0.717, 1.165) is 5.56 Å². The van der Waals surface area contributed by atoms with E-state index in [1.54, 1.807) is 12.1 Å². The summed E-state index contributed by atoms with van der Waals surface area (Å²) in [6, 6.07) is 5.99. The van der Waals surface area contributed by atoms with Crippen LogP contribution in [0.2, 0.25) is 0 Å². The first-order valence-corrected chi connectivity index (χ1v) is 5.56. The summed E-state index contributed by atoms with van der Waals surface area (Å²) >= 11 is 1.19. The first-order chi connectivity index (χ1) is 8.56. The van der Waals surface area contributed by atoms with Crippen LogP contribution < -0.4 is 11.5 Å². The molecule has 1 aromatic heterocycles. The summed E-state index contributed by atoms with van der Waals surface area (Å²) in [5.41, 5.74) is 11.2. The molecule has 0 unspecified atom stereocenters. The van der Waals surface area contributed by atoms with Gasteiger partial charge in [-0.1, -0.05) is 11.3 Å². The van der Waals surface area contributed by atoms with Crippen LogP contribution in [0.25, 0.3) is 10.6 Å². The molecule has 2 rings (SSSR count). The van der Waals surface area contributed by atoms with E-state index in [1.807, 2.05) is 0 Å². The number of non-ortho nitro benzene ring substituents is 1. The summed E-state index contributed by atoms with van der Waals surface area (Å²) in [6.45, 7) is 0. The molecule has 10 heteroatoms. The smallest absolute Gasteiger partial charge is 0.269 e. The van der Waals surface area contributed by atoms with Gasteiger partial charge < -0.3 is 11.5 Å². The van der Waals surface area contributed by atoms with Crippen LogP contribution in [-0.4, -0.2) is 21.1 Å². The Kier molecular flexibility index (Phi) is 4.73. The molecule has 100 valence electrons. The molecule has 0 spiro atoms. The quantitative estimate of drug-likeness (QED) is 0.381. The lowest BCUT2D eigenvalue weighted by Crippen LogP contribution is -2.21. The van der Waals surface area contributed by atoms with Gasteiger partial charge in [0.05, 0.1) is 4.92 Å². The Morgan fingerprint density at radius 3 is 2.42 bits per heavy atom. The Morgan fingerprint density at radius 2 is 1.89 bits per heavy atom. The second kappa shape index (κ2) is 6.07. The van der Waals surface area contributed by atoms with Crippen molar-refractivity contribution in [3.8, 4) is 10.6 Å². The fraction of sp³-hybridized carbons (Fsp3) is 0. The number of rotatable bonds is 3. The van der Waals surface area contributed by atoms with Gasteiger partial charge in [0.1, 0.15) is 5.01 Å². The summed E-state index contributed by atoms with van der Waals surface area (Å²) in [4.78, 5) is 13.8. The molecule has 2 aromatic rings. The molecule has 0 amide bonds. The highest BCUT2D eigenvalue weighted by Gasteiger charge is 2.09. The maximum atomic E-state index is 10.5. The van der Waals surface area contributed by atoms with Crippen molar-refractivity contribution in [1.82, 2.24) is 10.2 Å². The lowest BCUT2D eigenvalue weighted by Gasteiger charge is -1.94. The Hall–Kier alpha value is -2.26. The molecular formula is C9H9ClN6O2S. The number of benzene rings is 1. The van der Waals surface area contributed by atoms with Crippen molar-refractivity contribution >= 4 is 40.5 Å². The maximum absolute atomic E-state index is 10.5. The van der Waals surface area contributed by atoms with E-state index in [1.165, 1.54) is 23.5 Å². The van der Waals surface area contributed by atoms with Gasteiger partial charge in [0, 0.05) is 17.7 Å². The maximum Gasteiger partial charge on any atom is 0.269 e. The summed E-state index contributed by atoms with van der Waals surface area (Å²) < 4.78 is 0. The molecule has 4 N–H and O–H groups in total. The van der Waals surface area contributed by atoms with Crippen molar-refractivity contribution in [2.45, 2.75) is 0 Å². The molecule has 0 aliphatic rings. The number of halogens is 1. The molecular weight excluding hydrogens is 292 g/mol. The van der Waals surface area contributed by atoms with Crippen LogP contribution in [0.5, 0.6) is 0 Å². The number of guanidine groups is 1. The van der Waals surface area contributed by atoms with Crippen molar-refractivity contribution in [3.05, 3.63) is 34.4 Å². The highest BCUT2D eigenvalue weighted by molar-refractivity contribution is 7.18. The van der Waals surface area contributed by atoms with Gasteiger partial charge in [-0.05, 0) is 12.1 Å². The minimum atomic E-state index is -0.464. The molecule has 19 heavy (non-hydrogen) atoms. The van der Waals surface area contributed by atoms with Gasteiger partial charge in [-0.25, -0.2) is 0 Å². The largest absolute Gasteiger partial charge is 0.370 e. The zero-order valence-corrected chi connectivity index (χ0v) is 11.0. The standard InChI is InChI=1S/C9H8N6O2S.ClH/c10-8(11)12-9-14-13-7(18-9)5-1-3-6(4-2-5)15(16)17;/h1-4H,(H4,10,11,12,14);1H. The first kappa shape index (κ1) is 14.8. The summed E-state index contributed by atoms with van der Waals surface area (Å²) in [6.07, 6.45) is 0. The molecule has 0 saturated carbocycles. The van der Waals surface area contributed by atoms with Crippen LogP contribution in [0, 0.1) is 10.1 Å². The van der Waals surface area contributed by atoms with Gasteiger partial charge in [-0.3, -0.25) is 10.1 Å². The van der Waals surface area contributed by atoms with E-state index in [-0.39, 0.29) is 24.1 Å². The van der Waals surface area contributed by atoms with E-state index in [4.69, 9.17) is 11.5 Å². The third-order valence-corrected chi connectivity index (χ3v) is 2.83. The van der Waals surface area contributed by atoms with Crippen molar-refractivity contribution in [2.24, 2.45) is 16.5 Å². The van der Waals surface area contributed by atoms with Gasteiger partial charge in [0.2, 0.25) is 5.13 Å². The molecule has 0 aliphatic carbocycles. The summed E-state index contributed by atoms with van der Waals surface area (Å²) in [7, 11) is 0. The first-order valence-electron chi connectivity index (χ1n) is 4.74. The average molecular weight is 301 g/mol. The number of nitrogens with two attached hydrogens (primary N) is 2. The van der Waals surface area contributed by atoms with E-state index in [9.17, 15) is 10.1 Å². The zero-order valence-electron chi connectivity index (χ0n) is 9.39. The Balaban J connectivity index is 0.00000180. The van der Waals surface area contributed by atoms with Crippen LogP contribution in [-0.2, 0) is 0 Å². The number of hydrogen-bond acceptors (Lipinski definition) is 6. The predicted molar refractivity (Wildman–Crippen MR) is 74.7 cm³/mol. The lowest BCUT2D eigenvalue weighted by molar-refractivity contribution is -0.384. The SMILES string of the molecule is Cl.NC(N)=Nc1nnc(-c2ccc([N+](=O)[O-])cc2)s1. The van der Waals surface area contributed by atoms with E-state index < -0.39 is 4.92 Å². The number of aromatic nitrogens is 2. The Bertz CT molecular complexity index is 607. The van der Waals surface area contributed by atoms with Crippen LogP contribution >= 0.6 is 23.7 Å². The van der Waals surface area contributed by atoms with Crippen molar-refractivity contribution in [2.75, 3.05) is 0 Å². The second-order valence-corrected chi connectivity index (χ2v) is 4.19. The van der Waals surface area contributed by atoms with Gasteiger partial charge in [0.25, 0.3) is 5.69 Å². The van der Waals surface area contributed by atoms with Crippen LogP contribution in [0.15, 0.2) is 29.3 Å². The molecule has 0 aliphatic heterocycles. The van der Waals surface area contributed by atoms with E-state index in [2.05, 4.69) is 15.2 Å². The molecule has 0 atom stereocenters. The fourth-order valence-corrected chi connectivity index (χ4v) is 1.95. The van der Waals surface area contributed by atoms with E-state index in [0.29, 0.717) is 10.1 Å². The van der Waals surface area contributed by atoms with Gasteiger partial charge in [0.15, 0.2) is 5.96 Å². The average Bonchev–Trinajstić information content (AvgIpc) is 2.76. The van der Waals surface area contributed by atoms with Crippen LogP contribution in [0.3, 0.4) is 0 Å². The third kappa shape index (κ3) is 3.60. The number of nitrogens with zero attached hydrogens (tertiary/aromatic N) is 4. The monoisotopic (exact) mass is 300 g/mol. The highest BCUT2D eigenvalue weighted by Crippen LogP contribution is 2.28. The topological polar surface area (TPSA) is 133 Å². The molecule has 1 aromatic carbocycles. The number of hydrogen-bond donors (Lipinski definition) is 2. The number of aliphatic imine (C=N–C) groups is 1. The minimum absolute atomic E-state index is 0. The molecule has 0 saturated heterocycles. The molecule has 1 heterocycles. The number of nitro benzene ring substituents is 1. The van der Waals surface area contributed by atoms with Gasteiger partial charge >= 0.3 is 0 Å². The fourth-order valence-electron chi connectivity index (χ4n) is 1.21. The van der Waals surface area contributed by atoms with Crippen molar-refractivity contribution in [1.29, 1.82) is 0 Å². The lowest BCUT2D eigenvalue weighted by atomic mass is 10.2. The van der Waals surface area contributed by atoms with Crippen LogP contribution in [0.4, 0.5) is 10.8 Å². The predicted octanol–water partition coefficient (Wildman–Crippen LogP) is 1.44. The van der Waals surface area contributed by atoms with Crippen LogP contribution in [0.1, 0.15) is 0 Å². The zero-order chi connectivity index (χ0) is 13.1. The van der Waals surface area contributed by atoms with Gasteiger partial charge in [-0.2, -0.15) is 4.99 Å². The van der Waals surface area contributed by atoms with E-state index >= 15 is 0 Å². The Morgan fingerprint density at radius 1 is 1.26 bits per heavy atom. The summed E-state index contributed by atoms with van der Waals surface area (Å²) in [5.74, 6) is -0.0959. The van der Waals surface area contributed by atoms with Gasteiger partial charge in [-0.15, -0.1) is 22.6 Å². The molecule has 0 radical (unpaired) electrons.